The average Bonchev–Trinajstić information content (AvgIpc) is 2.15. The molecule has 0 fully saturated rings. The van der Waals surface area contributed by atoms with Gasteiger partial charge < -0.3 is 15.7 Å². The van der Waals surface area contributed by atoms with Crippen molar-refractivity contribution in [3.05, 3.63) is 0 Å². The zero-order chi connectivity index (χ0) is 11.9. The minimum Gasteiger partial charge on any atom is -0.393 e. The maximum Gasteiger partial charge on any atom is 0.0524 e. The maximum atomic E-state index is 9.21. The van der Waals surface area contributed by atoms with Crippen molar-refractivity contribution in [2.24, 2.45) is 11.1 Å². The van der Waals surface area contributed by atoms with Crippen LogP contribution in [0.25, 0.3) is 0 Å². The van der Waals surface area contributed by atoms with Crippen molar-refractivity contribution in [3.63, 3.8) is 0 Å². The van der Waals surface area contributed by atoms with Gasteiger partial charge in [-0.25, -0.2) is 0 Å². The van der Waals surface area contributed by atoms with Gasteiger partial charge >= 0.3 is 0 Å². The summed E-state index contributed by atoms with van der Waals surface area (Å²) in [6.07, 6.45) is 2.98. The molecule has 0 aromatic heterocycles. The lowest BCUT2D eigenvalue weighted by Gasteiger charge is -2.32. The summed E-state index contributed by atoms with van der Waals surface area (Å²) in [4.78, 5) is 2.27. The first-order chi connectivity index (χ1) is 6.93. The van der Waals surface area contributed by atoms with Crippen LogP contribution in [0.5, 0.6) is 0 Å². The van der Waals surface area contributed by atoms with Gasteiger partial charge in [0.15, 0.2) is 0 Å². The molecule has 3 N–H and O–H groups in total. The molecule has 0 aromatic carbocycles. The van der Waals surface area contributed by atoms with Crippen LogP contribution in [0.3, 0.4) is 0 Å². The van der Waals surface area contributed by atoms with Crippen molar-refractivity contribution >= 4 is 0 Å². The van der Waals surface area contributed by atoms with Crippen molar-refractivity contribution in [1.82, 2.24) is 4.90 Å². The highest BCUT2D eigenvalue weighted by molar-refractivity contribution is 4.78. The Morgan fingerprint density at radius 2 is 2.07 bits per heavy atom. The van der Waals surface area contributed by atoms with E-state index in [0.29, 0.717) is 0 Å². The molecule has 0 bridgehead atoms. The van der Waals surface area contributed by atoms with E-state index in [0.717, 1.165) is 26.1 Å². The summed E-state index contributed by atoms with van der Waals surface area (Å²) in [5.74, 6) is 0. The van der Waals surface area contributed by atoms with Gasteiger partial charge in [-0.2, -0.15) is 0 Å². The first-order valence-electron chi connectivity index (χ1n) is 6.00. The topological polar surface area (TPSA) is 49.5 Å². The van der Waals surface area contributed by atoms with Gasteiger partial charge in [0, 0.05) is 13.1 Å². The van der Waals surface area contributed by atoms with E-state index < -0.39 is 0 Å². The number of hydrogen-bond acceptors (Lipinski definition) is 3. The molecule has 0 heterocycles. The van der Waals surface area contributed by atoms with Crippen molar-refractivity contribution in [2.45, 2.75) is 46.1 Å². The van der Waals surface area contributed by atoms with Crippen LogP contribution in [0.1, 0.15) is 40.0 Å². The minimum absolute atomic E-state index is 0.206. The van der Waals surface area contributed by atoms with E-state index in [1.807, 2.05) is 6.92 Å². The maximum absolute atomic E-state index is 9.21. The average molecular weight is 216 g/mol. The summed E-state index contributed by atoms with van der Waals surface area (Å²) in [6, 6.07) is 0. The molecular weight excluding hydrogens is 188 g/mol. The van der Waals surface area contributed by atoms with Crippen molar-refractivity contribution in [3.8, 4) is 0 Å². The Balaban J connectivity index is 3.94. The Hall–Kier alpha value is -0.120. The van der Waals surface area contributed by atoms with Crippen LogP contribution in [-0.2, 0) is 0 Å². The molecule has 0 radical (unpaired) electrons. The summed E-state index contributed by atoms with van der Waals surface area (Å²) < 4.78 is 0. The van der Waals surface area contributed by atoms with Crippen LogP contribution in [0.4, 0.5) is 0 Å². The highest BCUT2D eigenvalue weighted by Gasteiger charge is 2.23. The molecular formula is C12H28N2O. The van der Waals surface area contributed by atoms with Crippen LogP contribution in [0.2, 0.25) is 0 Å². The van der Waals surface area contributed by atoms with Gasteiger partial charge in [-0.3, -0.25) is 0 Å². The molecule has 2 unspecified atom stereocenters. The molecule has 0 saturated heterocycles. The second-order valence-corrected chi connectivity index (χ2v) is 5.14. The molecule has 0 saturated carbocycles. The quantitative estimate of drug-likeness (QED) is 0.646. The van der Waals surface area contributed by atoms with Crippen LogP contribution in [0, 0.1) is 5.41 Å². The predicted molar refractivity (Wildman–Crippen MR) is 65.9 cm³/mol. The van der Waals surface area contributed by atoms with E-state index in [9.17, 15) is 5.11 Å². The van der Waals surface area contributed by atoms with E-state index >= 15 is 0 Å². The van der Waals surface area contributed by atoms with Crippen molar-refractivity contribution in [1.29, 1.82) is 0 Å². The Labute approximate surface area is 94.6 Å². The SMILES string of the molecule is CCCC(C)(CN)CN(C)CCC(C)O. The predicted octanol–water partition coefficient (Wildman–Crippen LogP) is 1.45. The number of hydrogen-bond donors (Lipinski definition) is 2. The number of nitrogens with two attached hydrogens (primary N) is 1. The fourth-order valence-electron chi connectivity index (χ4n) is 1.99. The third-order valence-electron chi connectivity index (χ3n) is 2.93. The molecule has 0 aliphatic carbocycles. The van der Waals surface area contributed by atoms with Crippen LogP contribution >= 0.6 is 0 Å². The van der Waals surface area contributed by atoms with Gasteiger partial charge in [0.2, 0.25) is 0 Å². The van der Waals surface area contributed by atoms with E-state index in [1.54, 1.807) is 0 Å². The number of aliphatic hydroxyl groups excluding tert-OH is 1. The van der Waals surface area contributed by atoms with E-state index in [1.165, 1.54) is 12.8 Å². The van der Waals surface area contributed by atoms with Gasteiger partial charge in [0.1, 0.15) is 0 Å². The van der Waals surface area contributed by atoms with Gasteiger partial charge in [0.05, 0.1) is 6.10 Å². The highest BCUT2D eigenvalue weighted by Crippen LogP contribution is 2.22. The normalized spacial score (nSPS) is 17.8. The van der Waals surface area contributed by atoms with Crippen molar-refractivity contribution < 1.29 is 5.11 Å². The molecule has 3 nitrogen and oxygen atoms in total. The third kappa shape index (κ3) is 6.88. The molecule has 15 heavy (non-hydrogen) atoms. The molecule has 0 aliphatic heterocycles. The Morgan fingerprint density at radius 1 is 1.47 bits per heavy atom. The lowest BCUT2D eigenvalue weighted by atomic mass is 9.85. The van der Waals surface area contributed by atoms with Gasteiger partial charge in [-0.05, 0) is 38.8 Å². The lowest BCUT2D eigenvalue weighted by molar-refractivity contribution is 0.139. The fourth-order valence-corrected chi connectivity index (χ4v) is 1.99. The minimum atomic E-state index is -0.206. The molecule has 92 valence electrons. The summed E-state index contributed by atoms with van der Waals surface area (Å²) in [5, 5.41) is 9.21. The molecule has 0 amide bonds. The van der Waals surface area contributed by atoms with Crippen LogP contribution in [0.15, 0.2) is 0 Å². The van der Waals surface area contributed by atoms with Crippen LogP contribution in [-0.4, -0.2) is 42.8 Å². The standard InChI is InChI=1S/C12H28N2O/c1-5-7-12(3,9-13)10-14(4)8-6-11(2)15/h11,15H,5-10,13H2,1-4H3. The van der Waals surface area contributed by atoms with E-state index in [4.69, 9.17) is 5.73 Å². The zero-order valence-electron chi connectivity index (χ0n) is 10.8. The molecule has 3 heteroatoms. The molecule has 0 rings (SSSR count). The molecule has 0 aromatic rings. The lowest BCUT2D eigenvalue weighted by Crippen LogP contribution is -2.39. The number of nitrogens with zero attached hydrogens (tertiary/aromatic N) is 1. The first kappa shape index (κ1) is 14.9. The Bertz CT molecular complexity index is 162. The number of rotatable bonds is 8. The summed E-state index contributed by atoms with van der Waals surface area (Å²) >= 11 is 0. The van der Waals surface area contributed by atoms with Gasteiger partial charge in [-0.15, -0.1) is 0 Å². The largest absolute Gasteiger partial charge is 0.393 e. The Kier molecular flexibility index (Phi) is 7.14. The Morgan fingerprint density at radius 3 is 2.47 bits per heavy atom. The van der Waals surface area contributed by atoms with Crippen molar-refractivity contribution in [2.75, 3.05) is 26.7 Å². The second-order valence-electron chi connectivity index (χ2n) is 5.14. The third-order valence-corrected chi connectivity index (χ3v) is 2.93. The first-order valence-corrected chi connectivity index (χ1v) is 6.00. The van der Waals surface area contributed by atoms with Gasteiger partial charge in [-0.1, -0.05) is 20.3 Å². The molecule has 0 spiro atoms. The van der Waals surface area contributed by atoms with E-state index in [2.05, 4.69) is 25.8 Å². The van der Waals surface area contributed by atoms with Gasteiger partial charge in [0.25, 0.3) is 0 Å². The van der Waals surface area contributed by atoms with Crippen LogP contribution < -0.4 is 5.73 Å². The smallest absolute Gasteiger partial charge is 0.0524 e. The summed E-state index contributed by atoms with van der Waals surface area (Å²) in [6.45, 7) is 8.97. The highest BCUT2D eigenvalue weighted by atomic mass is 16.3. The second kappa shape index (κ2) is 7.20. The zero-order valence-corrected chi connectivity index (χ0v) is 10.8. The summed E-state index contributed by atoms with van der Waals surface area (Å²) in [7, 11) is 2.10. The molecule has 0 aliphatic rings. The summed E-state index contributed by atoms with van der Waals surface area (Å²) in [5.41, 5.74) is 6.05. The molecule has 2 atom stereocenters. The fraction of sp³-hybridized carbons (Fsp3) is 1.00. The number of aliphatic hydroxyl groups is 1. The van der Waals surface area contributed by atoms with E-state index in [-0.39, 0.29) is 11.5 Å². The monoisotopic (exact) mass is 216 g/mol.